The Morgan fingerprint density at radius 2 is 0.955 bits per heavy atom. The van der Waals surface area contributed by atoms with Crippen LogP contribution in [0.5, 0.6) is 0 Å². The smallest absolute Gasteiger partial charge is 0.220 e. The van der Waals surface area contributed by atoms with Crippen LogP contribution in [0.2, 0.25) is 0 Å². The molecule has 0 aliphatic carbocycles. The average molecular weight is 956 g/mol. The maximum Gasteiger partial charge on any atom is 0.220 e. The second kappa shape index (κ2) is 39.9. The summed E-state index contributed by atoms with van der Waals surface area (Å²) in [6, 6.07) is -0.931. The minimum Gasteiger partial charge on any atom is -0.394 e. The van der Waals surface area contributed by atoms with Crippen LogP contribution in [0.3, 0.4) is 0 Å². The van der Waals surface area contributed by atoms with E-state index in [0.29, 0.717) is 12.8 Å². The van der Waals surface area contributed by atoms with Gasteiger partial charge in [-0.3, -0.25) is 4.79 Å². The number of aliphatic hydroxyl groups excluding tert-OH is 8. The lowest BCUT2D eigenvalue weighted by atomic mass is 9.97. The Balaban J connectivity index is 1.85. The maximum atomic E-state index is 13.2. The first kappa shape index (κ1) is 61.3. The van der Waals surface area contributed by atoms with Gasteiger partial charge in [0.25, 0.3) is 0 Å². The van der Waals surface area contributed by atoms with Gasteiger partial charge in [0.2, 0.25) is 5.91 Å². The predicted octanol–water partition coefficient (Wildman–Crippen LogP) is 7.49. The average Bonchev–Trinajstić information content (AvgIpc) is 3.32. The molecule has 0 aromatic heterocycles. The van der Waals surface area contributed by atoms with Crippen molar-refractivity contribution >= 4 is 5.91 Å². The van der Waals surface area contributed by atoms with Gasteiger partial charge < -0.3 is 65.1 Å². The normalized spacial score (nSPS) is 26.8. The lowest BCUT2D eigenvalue weighted by Crippen LogP contribution is -2.65. The van der Waals surface area contributed by atoms with Crippen LogP contribution in [0, 0.1) is 0 Å². The number of nitrogens with one attached hydrogen (secondary N) is 1. The van der Waals surface area contributed by atoms with Crippen molar-refractivity contribution < 1.29 is 64.6 Å². The first-order chi connectivity index (χ1) is 32.6. The lowest BCUT2D eigenvalue weighted by Gasteiger charge is -2.46. The van der Waals surface area contributed by atoms with E-state index in [0.717, 1.165) is 38.5 Å². The Kier molecular flexibility index (Phi) is 36.5. The molecule has 2 fully saturated rings. The molecule has 2 heterocycles. The molecular formula is C53H97NO13. The van der Waals surface area contributed by atoms with Gasteiger partial charge >= 0.3 is 0 Å². The molecule has 0 bridgehead atoms. The number of carbonyl (C=O) groups is 1. The summed E-state index contributed by atoms with van der Waals surface area (Å²) in [5.74, 6) is -0.255. The molecular weight excluding hydrogens is 859 g/mol. The number of aliphatic hydroxyl groups is 8. The summed E-state index contributed by atoms with van der Waals surface area (Å²) in [5.41, 5.74) is 0. The number of allylic oxidation sites excluding steroid dienone is 5. The number of carbonyl (C=O) groups excluding carboxylic acids is 1. The monoisotopic (exact) mass is 956 g/mol. The Labute approximate surface area is 404 Å². The third-order valence-electron chi connectivity index (χ3n) is 13.0. The van der Waals surface area contributed by atoms with Crippen LogP contribution in [0.4, 0.5) is 0 Å². The number of unbranched alkanes of at least 4 members (excludes halogenated alkanes) is 24. The molecule has 0 aromatic carbocycles. The third kappa shape index (κ3) is 26.8. The van der Waals surface area contributed by atoms with Crippen molar-refractivity contribution in [3.63, 3.8) is 0 Å². The summed E-state index contributed by atoms with van der Waals surface area (Å²) in [4.78, 5) is 13.2. The van der Waals surface area contributed by atoms with Crippen molar-refractivity contribution in [1.82, 2.24) is 5.32 Å². The van der Waals surface area contributed by atoms with Crippen LogP contribution in [-0.4, -0.2) is 140 Å². The van der Waals surface area contributed by atoms with Crippen LogP contribution >= 0.6 is 0 Å². The molecule has 12 atom stereocenters. The van der Waals surface area contributed by atoms with Gasteiger partial charge in [0, 0.05) is 6.42 Å². The van der Waals surface area contributed by atoms with E-state index in [1.807, 2.05) is 6.08 Å². The molecule has 1 amide bonds. The van der Waals surface area contributed by atoms with Gasteiger partial charge in [-0.2, -0.15) is 0 Å². The van der Waals surface area contributed by atoms with E-state index < -0.39 is 86.8 Å². The summed E-state index contributed by atoms with van der Waals surface area (Å²) in [6.07, 6.45) is 28.9. The van der Waals surface area contributed by atoms with E-state index >= 15 is 0 Å². The zero-order chi connectivity index (χ0) is 48.9. The maximum absolute atomic E-state index is 13.2. The first-order valence-electron chi connectivity index (χ1n) is 26.7. The second-order valence-corrected chi connectivity index (χ2v) is 19.0. The van der Waals surface area contributed by atoms with Crippen molar-refractivity contribution in [2.24, 2.45) is 0 Å². The quantitative estimate of drug-likeness (QED) is 0.0214. The molecule has 9 N–H and O–H groups in total. The summed E-state index contributed by atoms with van der Waals surface area (Å²) < 4.78 is 22.7. The van der Waals surface area contributed by atoms with E-state index in [4.69, 9.17) is 18.9 Å². The van der Waals surface area contributed by atoms with Gasteiger partial charge in [-0.1, -0.05) is 172 Å². The van der Waals surface area contributed by atoms with Crippen molar-refractivity contribution in [2.75, 3.05) is 19.8 Å². The fraction of sp³-hybridized carbons (Fsp3) is 0.868. The predicted molar refractivity (Wildman–Crippen MR) is 263 cm³/mol. The number of hydrogen-bond acceptors (Lipinski definition) is 13. The minimum absolute atomic E-state index is 0.255. The number of amides is 1. The number of hydrogen-bond donors (Lipinski definition) is 9. The van der Waals surface area contributed by atoms with Crippen molar-refractivity contribution in [1.29, 1.82) is 0 Å². The van der Waals surface area contributed by atoms with Crippen LogP contribution in [0.1, 0.15) is 200 Å². The molecule has 2 saturated heterocycles. The van der Waals surface area contributed by atoms with Crippen LogP contribution in [0.25, 0.3) is 0 Å². The molecule has 0 radical (unpaired) electrons. The molecule has 14 heteroatoms. The number of rotatable bonds is 41. The molecule has 67 heavy (non-hydrogen) atoms. The summed E-state index contributed by atoms with van der Waals surface area (Å²) in [6.45, 7) is 2.76. The van der Waals surface area contributed by atoms with Gasteiger partial charge in [-0.05, 0) is 57.8 Å². The molecule has 0 spiro atoms. The van der Waals surface area contributed by atoms with Gasteiger partial charge in [0.1, 0.15) is 48.8 Å². The summed E-state index contributed by atoms with van der Waals surface area (Å²) in [5, 5.41) is 86.8. The van der Waals surface area contributed by atoms with Gasteiger partial charge in [-0.25, -0.2) is 0 Å². The van der Waals surface area contributed by atoms with Gasteiger partial charge in [0.05, 0.1) is 32.0 Å². The van der Waals surface area contributed by atoms with Crippen molar-refractivity contribution in [3.8, 4) is 0 Å². The second-order valence-electron chi connectivity index (χ2n) is 19.0. The van der Waals surface area contributed by atoms with E-state index in [2.05, 4.69) is 43.5 Å². The van der Waals surface area contributed by atoms with Crippen molar-refractivity contribution in [2.45, 2.75) is 274 Å². The van der Waals surface area contributed by atoms with Crippen LogP contribution < -0.4 is 5.32 Å². The largest absolute Gasteiger partial charge is 0.394 e. The number of ether oxygens (including phenoxy) is 4. The Bertz CT molecular complexity index is 1270. The van der Waals surface area contributed by atoms with Gasteiger partial charge in [0.15, 0.2) is 12.6 Å². The molecule has 0 saturated carbocycles. The third-order valence-corrected chi connectivity index (χ3v) is 13.0. The zero-order valence-electron chi connectivity index (χ0n) is 41.6. The topological polar surface area (TPSA) is 228 Å². The van der Waals surface area contributed by atoms with Gasteiger partial charge in [-0.15, -0.1) is 0 Å². The molecule has 14 nitrogen and oxygen atoms in total. The standard InChI is InChI=1S/C53H97NO13/c1-3-5-7-9-11-13-15-17-19-21-23-25-27-29-31-33-35-37-45(58)54-41(42(57)36-34-32-30-28-26-24-22-20-18-16-14-12-10-8-6-4-2)40-64-52-50(63)48(61)51(44(39-56)66-52)67-53-49(62)47(60)46(59)43(38-55)65-53/h17,19,26,28,34,36,41-44,46-53,55-57,59-63H,3-16,18,20-25,27,29-33,35,37-40H2,1-2H3,(H,54,58)/b19-17-,28-26+,36-34+. The Morgan fingerprint density at radius 3 is 1.46 bits per heavy atom. The highest BCUT2D eigenvalue weighted by molar-refractivity contribution is 5.76. The lowest BCUT2D eigenvalue weighted by molar-refractivity contribution is -0.359. The zero-order valence-corrected chi connectivity index (χ0v) is 41.6. The molecule has 2 aliphatic heterocycles. The van der Waals surface area contributed by atoms with E-state index in [1.165, 1.54) is 128 Å². The van der Waals surface area contributed by atoms with Crippen molar-refractivity contribution in [3.05, 3.63) is 36.5 Å². The molecule has 0 aromatic rings. The molecule has 392 valence electrons. The highest BCUT2D eigenvalue weighted by Gasteiger charge is 2.51. The summed E-state index contributed by atoms with van der Waals surface area (Å²) in [7, 11) is 0. The Hall–Kier alpha value is -1.79. The highest BCUT2D eigenvalue weighted by atomic mass is 16.7. The van der Waals surface area contributed by atoms with E-state index in [1.54, 1.807) is 6.08 Å². The summed E-state index contributed by atoms with van der Waals surface area (Å²) >= 11 is 0. The molecule has 12 unspecified atom stereocenters. The van der Waals surface area contributed by atoms with Crippen LogP contribution in [0.15, 0.2) is 36.5 Å². The highest BCUT2D eigenvalue weighted by Crippen LogP contribution is 2.30. The fourth-order valence-corrected chi connectivity index (χ4v) is 8.65. The van der Waals surface area contributed by atoms with E-state index in [-0.39, 0.29) is 18.9 Å². The molecule has 2 aliphatic rings. The SMILES string of the molecule is CCCCCCCC/C=C\CCCCCCCCCC(=O)NC(COC1OC(CO)C(OC2OC(CO)C(O)C(O)C2O)C(O)C1O)C(O)/C=C/CC/C=C/CCCCCCCCCCCC. The van der Waals surface area contributed by atoms with Crippen LogP contribution in [-0.2, 0) is 23.7 Å². The molecule has 2 rings (SSSR count). The first-order valence-corrected chi connectivity index (χ1v) is 26.7. The Morgan fingerprint density at radius 1 is 0.522 bits per heavy atom. The van der Waals surface area contributed by atoms with E-state index in [9.17, 15) is 45.6 Å². The fourth-order valence-electron chi connectivity index (χ4n) is 8.65. The minimum atomic E-state index is -1.79.